The van der Waals surface area contributed by atoms with E-state index < -0.39 is 308 Å². The van der Waals surface area contributed by atoms with E-state index in [0.717, 1.165) is 42.4 Å². The standard InChI is InChI=1S/C17H14O6.C16H14O6.C14H16O6.C14H10O6.C12H8O6.2C10H8O6.C8H6O6/c1-17(11-6-12(18)22-15(11)20)7-9-13(16(21)23-14(9)19)8-4-2-3-5-10(8)17;17-13-5-11(6-14(18)21-13)9-1-2-10(4-3-9)12-7-15(19)22-16(20)8-12;2*15-11-5-9(13(17)19-11)7-1-2-8(4-3-7)10-6-12(16)20-14(10)18;13-9-5-3-1-2-4(7(5)11(15)17-9)8-6(3)10(14)18-12(8)16;11-6-3-10(9(14)15-6)2-4-1-5(10)8(13)16-7(4)12;11-6-2-3-4-1-5(7(3)10(14)15-6)9(13)16-8(4)12;9-4-1-8(2-5(10)13-4)3-6(11)14-7(8)12/h2-5,9,11,13H,6-7H2,1H3;1-4,11-12H,5-8H2;7-10H,1-6H2;1-4,9-10H,5-6H2;1-8H;4-5H,1-3H2;3-5,7H,1-2H2;1-3H2. The van der Waals surface area contributed by atoms with Crippen LogP contribution in [0.2, 0.25) is 0 Å². The van der Waals surface area contributed by atoms with E-state index in [1.807, 2.05) is 43.3 Å². The van der Waals surface area contributed by atoms with Crippen LogP contribution in [0.4, 0.5) is 0 Å². The zero-order valence-corrected chi connectivity index (χ0v) is 78.0. The van der Waals surface area contributed by atoms with Crippen LogP contribution in [0.3, 0.4) is 0 Å². The molecule has 149 heavy (non-hydrogen) atoms. The monoisotopic (exact) mass is 2060 g/mol. The van der Waals surface area contributed by atoms with Crippen LogP contribution in [0.25, 0.3) is 0 Å². The molecule has 20 fully saturated rings. The predicted octanol–water partition coefficient (Wildman–Crippen LogP) is 2.29. The van der Waals surface area contributed by atoms with Crippen LogP contribution in [0.15, 0.2) is 84.9 Å². The third-order valence-electron chi connectivity index (χ3n) is 31.7. The molecule has 19 atom stereocenters. The van der Waals surface area contributed by atoms with Crippen molar-refractivity contribution in [2.24, 2.45) is 117 Å². The summed E-state index contributed by atoms with van der Waals surface area (Å²) in [5, 5.41) is 0. The maximum Gasteiger partial charge on any atom is 0.321 e. The lowest BCUT2D eigenvalue weighted by Crippen LogP contribution is -2.50. The van der Waals surface area contributed by atoms with Gasteiger partial charge in [-0.2, -0.15) is 0 Å². The highest BCUT2D eigenvalue weighted by Gasteiger charge is 2.70. The van der Waals surface area contributed by atoms with Crippen LogP contribution in [0, 0.1) is 117 Å². The number of hydrogen-bond acceptors (Lipinski definition) is 48. The van der Waals surface area contributed by atoms with Crippen molar-refractivity contribution < 1.29 is 229 Å². The Bertz CT molecular complexity index is 6260. The Labute approximate surface area is 835 Å². The van der Waals surface area contributed by atoms with Gasteiger partial charge in [-0.15, -0.1) is 0 Å². The van der Waals surface area contributed by atoms with Crippen molar-refractivity contribution in [2.45, 2.75) is 183 Å². The second-order valence-electron chi connectivity index (χ2n) is 40.2. The highest BCUT2D eigenvalue weighted by molar-refractivity contribution is 6.09. The molecule has 776 valence electrons. The fraction of sp³-hybridized carbons (Fsp3) is 0.485. The first-order valence-corrected chi connectivity index (χ1v) is 47.7. The molecule has 7 aliphatic carbocycles. The van der Waals surface area contributed by atoms with E-state index in [1.165, 1.54) is 0 Å². The molecule has 0 amide bonds. The van der Waals surface area contributed by atoms with Crippen molar-refractivity contribution in [2.75, 3.05) is 0 Å². The van der Waals surface area contributed by atoms with Crippen LogP contribution in [0.5, 0.6) is 0 Å². The third-order valence-corrected chi connectivity index (χ3v) is 31.7. The SMILES string of the molecule is CC1(C2CC(=O)OC2=O)CC2C(=O)OC(=O)C2c2ccccc21.O=C1CC(C2CCC(C3CC(=O)OC3=O)CC2)C(=O)O1.O=C1CC(c2ccc(C3CC(=O)OC(=O)C3)cc2)CC(=O)O1.O=C1CC(c2ccc(C3CC(=O)OC3=O)cc2)C(=O)O1.O=C1CC2(CC(=O)O1)CC(=O)OC2=O.O=C1CC2(CC3CC2C(=O)OC3=O)C(=O)O1.O=C1CC2C3CC(C(=O)OC3=O)C2C(=O)O1.O=C1OC(=O)C2C3C=CC(C12)C1C(=O)OC(=O)C31. The molecule has 6 bridgehead atoms. The Hall–Kier alpha value is -16.4. The summed E-state index contributed by atoms with van der Waals surface area (Å²) in [6.45, 7) is 1.85. The molecule has 0 N–H and O–H groups in total. The summed E-state index contributed by atoms with van der Waals surface area (Å²) in [6, 6.07) is 21.2. The summed E-state index contributed by atoms with van der Waals surface area (Å²) in [5.74, 6) is -29.3. The summed E-state index contributed by atoms with van der Waals surface area (Å²) in [5.41, 5.74) is 1.40. The van der Waals surface area contributed by atoms with Crippen molar-refractivity contribution in [1.82, 2.24) is 0 Å². The van der Waals surface area contributed by atoms with E-state index in [1.54, 1.807) is 48.6 Å². The Kier molecular flexibility index (Phi) is 27.6. The fourth-order valence-corrected chi connectivity index (χ4v) is 24.5. The number of benzene rings is 3. The van der Waals surface area contributed by atoms with Gasteiger partial charge in [-0.05, 0) is 103 Å². The number of carbonyl (C=O) groups is 32. The molecule has 0 radical (unpaired) electrons. The maximum absolute atomic E-state index is 12.1. The van der Waals surface area contributed by atoms with E-state index in [2.05, 4.69) is 66.3 Å². The molecule has 16 aliphatic heterocycles. The molecule has 48 heteroatoms. The first kappa shape index (κ1) is 103. The number of cyclic esters (lactones) is 32. The number of fused-ring (bicyclic) bond motifs is 11. The molecular weight excluding hydrogens is 1980 g/mol. The number of esters is 32. The molecule has 0 aromatic heterocycles. The van der Waals surface area contributed by atoms with Crippen molar-refractivity contribution in [3.63, 3.8) is 0 Å². The molecule has 26 rings (SSSR count). The number of rotatable bonds is 7. The first-order chi connectivity index (χ1) is 70.7. The quantitative estimate of drug-likeness (QED) is 0.142. The summed E-state index contributed by atoms with van der Waals surface area (Å²) in [4.78, 5) is 365. The van der Waals surface area contributed by atoms with Crippen molar-refractivity contribution >= 4 is 191 Å². The van der Waals surface area contributed by atoms with Gasteiger partial charge in [0.2, 0.25) is 0 Å². The van der Waals surface area contributed by atoms with Crippen molar-refractivity contribution in [3.8, 4) is 0 Å². The zero-order chi connectivity index (χ0) is 106. The summed E-state index contributed by atoms with van der Waals surface area (Å²) in [6.07, 6.45) is 7.99. The zero-order valence-electron chi connectivity index (χ0n) is 78.0. The molecule has 19 unspecified atom stereocenters. The lowest BCUT2D eigenvalue weighted by atomic mass is 9.54. The van der Waals surface area contributed by atoms with Gasteiger partial charge < -0.3 is 75.8 Å². The Balaban J connectivity index is 0.000000112. The van der Waals surface area contributed by atoms with Gasteiger partial charge in [-0.3, -0.25) is 153 Å². The van der Waals surface area contributed by atoms with Crippen LogP contribution in [0.1, 0.15) is 211 Å². The fourth-order valence-electron chi connectivity index (χ4n) is 24.5. The van der Waals surface area contributed by atoms with Gasteiger partial charge in [0.25, 0.3) is 0 Å². The van der Waals surface area contributed by atoms with Crippen LogP contribution in [-0.4, -0.2) is 191 Å². The van der Waals surface area contributed by atoms with Gasteiger partial charge in [0.15, 0.2) is 0 Å². The second-order valence-corrected chi connectivity index (χ2v) is 40.2. The topological polar surface area (TPSA) is 694 Å². The van der Waals surface area contributed by atoms with Crippen LogP contribution in [-0.2, 0) is 235 Å². The van der Waals surface area contributed by atoms with Gasteiger partial charge in [0.1, 0.15) is 0 Å². The van der Waals surface area contributed by atoms with Crippen molar-refractivity contribution in [3.05, 3.63) is 118 Å². The van der Waals surface area contributed by atoms with E-state index >= 15 is 0 Å². The Morgan fingerprint density at radius 1 is 0.248 bits per heavy atom. The highest BCUT2D eigenvalue weighted by Crippen LogP contribution is 2.60. The molecule has 16 saturated heterocycles. The average Bonchev–Trinajstić information content (AvgIpc) is 1.55. The maximum atomic E-state index is 12.1. The van der Waals surface area contributed by atoms with Crippen LogP contribution < -0.4 is 0 Å². The smallest absolute Gasteiger partial charge is 0.321 e. The van der Waals surface area contributed by atoms with Crippen molar-refractivity contribution in [1.29, 1.82) is 0 Å². The van der Waals surface area contributed by atoms with E-state index in [0.29, 0.717) is 29.5 Å². The lowest BCUT2D eigenvalue weighted by molar-refractivity contribution is -0.174. The summed E-state index contributed by atoms with van der Waals surface area (Å²) < 4.78 is 72.7. The van der Waals surface area contributed by atoms with Gasteiger partial charge in [-0.25, -0.2) is 0 Å². The minimum absolute atomic E-state index is 0.00987. The molecule has 3 aromatic carbocycles. The molecule has 2 spiro atoms. The number of ether oxygens (including phenoxy) is 16. The van der Waals surface area contributed by atoms with Gasteiger partial charge >= 0.3 is 191 Å². The first-order valence-electron chi connectivity index (χ1n) is 47.7. The molecule has 4 saturated carbocycles. The average molecular weight is 2070 g/mol. The van der Waals surface area contributed by atoms with Gasteiger partial charge in [0.05, 0.1) is 195 Å². The Morgan fingerprint density at radius 2 is 0.604 bits per heavy atom. The number of allylic oxidation sites excluding steroid dienone is 2. The largest absolute Gasteiger partial charge is 0.393 e. The molecule has 48 nitrogen and oxygen atoms in total. The Morgan fingerprint density at radius 3 is 1.04 bits per heavy atom. The number of hydrogen-bond donors (Lipinski definition) is 0. The minimum Gasteiger partial charge on any atom is -0.393 e. The van der Waals surface area contributed by atoms with E-state index in [9.17, 15) is 153 Å². The molecule has 3 aromatic rings. The van der Waals surface area contributed by atoms with Gasteiger partial charge in [0, 0.05) is 29.1 Å². The molecule has 16 heterocycles. The van der Waals surface area contributed by atoms with Gasteiger partial charge in [-0.1, -0.05) is 91.9 Å². The van der Waals surface area contributed by atoms with E-state index in [4.69, 9.17) is 9.47 Å². The van der Waals surface area contributed by atoms with Crippen LogP contribution >= 0.6 is 0 Å². The highest BCUT2D eigenvalue weighted by atomic mass is 16.7. The molecule has 23 aliphatic rings. The number of carbonyl (C=O) groups excluding carboxylic acids is 32. The normalized spacial score (nSPS) is 34.2. The van der Waals surface area contributed by atoms with E-state index in [-0.39, 0.29) is 138 Å². The summed E-state index contributed by atoms with van der Waals surface area (Å²) >= 11 is 0. The minimum atomic E-state index is -1.29. The molecular formula is C101H84O48. The predicted molar refractivity (Wildman–Crippen MR) is 456 cm³/mol. The third kappa shape index (κ3) is 19.9. The lowest BCUT2D eigenvalue weighted by Gasteiger charge is -2.42. The second kappa shape index (κ2) is 40.1. The summed E-state index contributed by atoms with van der Waals surface area (Å²) in [7, 11) is 0.